The molecule has 1 aliphatic heterocycles. The van der Waals surface area contributed by atoms with E-state index in [0.29, 0.717) is 29.0 Å². The van der Waals surface area contributed by atoms with Crippen LogP contribution in [0.4, 0.5) is 5.69 Å². The fourth-order valence-electron chi connectivity index (χ4n) is 2.75. The van der Waals surface area contributed by atoms with Crippen LogP contribution >= 0.6 is 11.6 Å². The number of piperazine rings is 1. The zero-order valence-corrected chi connectivity index (χ0v) is 13.6. The van der Waals surface area contributed by atoms with Gasteiger partial charge in [0.1, 0.15) is 0 Å². The van der Waals surface area contributed by atoms with Crippen LogP contribution in [-0.4, -0.2) is 42.0 Å². The zero-order valence-electron chi connectivity index (χ0n) is 12.8. The van der Waals surface area contributed by atoms with Gasteiger partial charge in [0, 0.05) is 53.9 Å². The normalized spacial score (nSPS) is 14.8. The summed E-state index contributed by atoms with van der Waals surface area (Å²) in [5.74, 6) is 0.0451. The van der Waals surface area contributed by atoms with E-state index in [9.17, 15) is 4.79 Å². The Morgan fingerprint density at radius 3 is 2.35 bits per heavy atom. The molecule has 1 amide bonds. The van der Waals surface area contributed by atoms with Crippen LogP contribution in [0.15, 0.2) is 36.5 Å². The second-order valence-corrected chi connectivity index (χ2v) is 5.98. The molecule has 0 unspecified atom stereocenters. The van der Waals surface area contributed by atoms with Crippen molar-refractivity contribution in [1.82, 2.24) is 9.88 Å². The molecule has 3 rings (SSSR count). The molecule has 1 saturated heterocycles. The number of carbonyl (C=O) groups is 1. The number of aromatic nitrogens is 1. The molecule has 0 spiro atoms. The quantitative estimate of drug-likeness (QED) is 0.839. The number of hydrogen-bond acceptors (Lipinski definition) is 3. The molecule has 2 heterocycles. The Labute approximate surface area is 140 Å². The van der Waals surface area contributed by atoms with Gasteiger partial charge in [-0.1, -0.05) is 24.8 Å². The van der Waals surface area contributed by atoms with E-state index in [1.807, 2.05) is 11.0 Å². The van der Waals surface area contributed by atoms with Crippen LogP contribution in [0.2, 0.25) is 5.02 Å². The van der Waals surface area contributed by atoms with Crippen molar-refractivity contribution in [3.63, 3.8) is 0 Å². The van der Waals surface area contributed by atoms with Crippen molar-refractivity contribution in [2.24, 2.45) is 0 Å². The Morgan fingerprint density at radius 2 is 1.70 bits per heavy atom. The summed E-state index contributed by atoms with van der Waals surface area (Å²) >= 11 is 5.87. The second-order valence-electron chi connectivity index (χ2n) is 5.54. The van der Waals surface area contributed by atoms with Crippen molar-refractivity contribution in [3.05, 3.63) is 57.7 Å². The summed E-state index contributed by atoms with van der Waals surface area (Å²) in [5, 5.41) is 2.18. The Hall–Kier alpha value is -2.33. The standard InChI is InChI=1S/C18H18ClN3O/c1-13-14(2)20-8-7-17(13)21-9-11-22(12-10-21)18(23)15-3-5-16(19)6-4-15/h3-8H,1-2,9-12H2. The second kappa shape index (κ2) is 6.42. The number of carbonyl (C=O) groups excluding carboxylic acids is 1. The summed E-state index contributed by atoms with van der Waals surface area (Å²) in [7, 11) is 0. The van der Waals surface area contributed by atoms with Crippen molar-refractivity contribution in [2.75, 3.05) is 31.1 Å². The van der Waals surface area contributed by atoms with Crippen LogP contribution in [0.5, 0.6) is 0 Å². The maximum Gasteiger partial charge on any atom is 0.253 e. The highest BCUT2D eigenvalue weighted by molar-refractivity contribution is 6.30. The highest BCUT2D eigenvalue weighted by atomic mass is 35.5. The molecule has 1 aromatic heterocycles. The van der Waals surface area contributed by atoms with Gasteiger partial charge in [-0.25, -0.2) is 0 Å². The van der Waals surface area contributed by atoms with E-state index >= 15 is 0 Å². The number of rotatable bonds is 2. The van der Waals surface area contributed by atoms with Crippen molar-refractivity contribution >= 4 is 36.4 Å². The lowest BCUT2D eigenvalue weighted by Gasteiger charge is -2.36. The van der Waals surface area contributed by atoms with Gasteiger partial charge in [0.25, 0.3) is 5.91 Å². The van der Waals surface area contributed by atoms with Crippen LogP contribution < -0.4 is 15.5 Å². The molecule has 23 heavy (non-hydrogen) atoms. The van der Waals surface area contributed by atoms with Crippen molar-refractivity contribution in [1.29, 1.82) is 0 Å². The van der Waals surface area contributed by atoms with Crippen LogP contribution in [0.25, 0.3) is 13.2 Å². The summed E-state index contributed by atoms with van der Waals surface area (Å²) < 4.78 is 0. The smallest absolute Gasteiger partial charge is 0.253 e. The molecule has 4 nitrogen and oxygen atoms in total. The lowest BCUT2D eigenvalue weighted by Crippen LogP contribution is -2.50. The first-order valence-corrected chi connectivity index (χ1v) is 7.87. The van der Waals surface area contributed by atoms with Gasteiger partial charge in [-0.2, -0.15) is 0 Å². The molecular weight excluding hydrogens is 310 g/mol. The lowest BCUT2D eigenvalue weighted by molar-refractivity contribution is 0.0747. The summed E-state index contributed by atoms with van der Waals surface area (Å²) in [6.07, 6.45) is 1.75. The van der Waals surface area contributed by atoms with Crippen LogP contribution in [-0.2, 0) is 0 Å². The molecule has 118 valence electrons. The maximum absolute atomic E-state index is 12.5. The SMILES string of the molecule is C=c1nccc(N2CCN(C(=O)c3ccc(Cl)cc3)CC2)c1=C. The predicted octanol–water partition coefficient (Wildman–Crippen LogP) is 1.52. The van der Waals surface area contributed by atoms with Gasteiger partial charge in [-0.15, -0.1) is 0 Å². The van der Waals surface area contributed by atoms with Crippen molar-refractivity contribution < 1.29 is 4.79 Å². The minimum absolute atomic E-state index is 0.0451. The third-order valence-corrected chi connectivity index (χ3v) is 4.37. The number of anilines is 1. The Morgan fingerprint density at radius 1 is 1.04 bits per heavy atom. The first-order chi connectivity index (χ1) is 11.1. The Bertz CT molecular complexity index is 811. The van der Waals surface area contributed by atoms with Gasteiger partial charge in [0.15, 0.2) is 0 Å². The fraction of sp³-hybridized carbons (Fsp3) is 0.222. The van der Waals surface area contributed by atoms with E-state index in [1.165, 1.54) is 0 Å². The molecule has 5 heteroatoms. The van der Waals surface area contributed by atoms with E-state index < -0.39 is 0 Å². The molecule has 2 aromatic rings. The summed E-state index contributed by atoms with van der Waals surface area (Å²) in [5.41, 5.74) is 1.72. The Balaban J connectivity index is 1.70. The average Bonchev–Trinajstić information content (AvgIpc) is 2.58. The highest BCUT2D eigenvalue weighted by Gasteiger charge is 2.22. The Kier molecular flexibility index (Phi) is 4.35. The fourth-order valence-corrected chi connectivity index (χ4v) is 2.87. The van der Waals surface area contributed by atoms with Crippen LogP contribution in [0.1, 0.15) is 10.4 Å². The number of nitrogens with zero attached hydrogens (tertiary/aromatic N) is 3. The lowest BCUT2D eigenvalue weighted by atomic mass is 10.1. The number of benzene rings is 1. The highest BCUT2D eigenvalue weighted by Crippen LogP contribution is 2.15. The largest absolute Gasteiger partial charge is 0.367 e. The van der Waals surface area contributed by atoms with E-state index in [1.54, 1.807) is 30.5 Å². The summed E-state index contributed by atoms with van der Waals surface area (Å²) in [6.45, 7) is 10.8. The molecule has 0 bridgehead atoms. The average molecular weight is 328 g/mol. The third kappa shape index (κ3) is 3.22. The number of halogens is 1. The first-order valence-electron chi connectivity index (χ1n) is 7.49. The number of hydrogen-bond donors (Lipinski definition) is 0. The van der Waals surface area contributed by atoms with E-state index in [2.05, 4.69) is 23.0 Å². The minimum atomic E-state index is 0.0451. The van der Waals surface area contributed by atoms with Gasteiger partial charge in [0.2, 0.25) is 0 Å². The van der Waals surface area contributed by atoms with Gasteiger partial charge in [-0.3, -0.25) is 9.78 Å². The molecule has 1 aromatic carbocycles. The molecular formula is C18H18ClN3O. The zero-order chi connectivity index (χ0) is 16.4. The molecule has 0 radical (unpaired) electrons. The molecule has 0 atom stereocenters. The topological polar surface area (TPSA) is 36.4 Å². The maximum atomic E-state index is 12.5. The van der Waals surface area contributed by atoms with Gasteiger partial charge >= 0.3 is 0 Å². The van der Waals surface area contributed by atoms with Crippen molar-refractivity contribution in [3.8, 4) is 0 Å². The molecule has 0 saturated carbocycles. The molecule has 0 N–H and O–H groups in total. The minimum Gasteiger partial charge on any atom is -0.367 e. The number of pyridine rings is 1. The number of amides is 1. The van der Waals surface area contributed by atoms with E-state index in [-0.39, 0.29) is 5.91 Å². The van der Waals surface area contributed by atoms with Gasteiger partial charge in [-0.05, 0) is 30.3 Å². The van der Waals surface area contributed by atoms with E-state index in [0.717, 1.165) is 24.0 Å². The van der Waals surface area contributed by atoms with E-state index in [4.69, 9.17) is 11.6 Å². The molecule has 0 aliphatic carbocycles. The summed E-state index contributed by atoms with van der Waals surface area (Å²) in [4.78, 5) is 20.8. The monoisotopic (exact) mass is 327 g/mol. The van der Waals surface area contributed by atoms with Crippen LogP contribution in [0, 0.1) is 0 Å². The van der Waals surface area contributed by atoms with Crippen LogP contribution in [0.3, 0.4) is 0 Å². The van der Waals surface area contributed by atoms with Gasteiger partial charge in [0.05, 0.1) is 5.35 Å². The predicted molar refractivity (Wildman–Crippen MR) is 94.1 cm³/mol. The molecule has 1 aliphatic rings. The molecule has 1 fully saturated rings. The van der Waals surface area contributed by atoms with Gasteiger partial charge < -0.3 is 9.80 Å². The first kappa shape index (κ1) is 15.6. The summed E-state index contributed by atoms with van der Waals surface area (Å²) in [6, 6.07) is 8.97. The van der Waals surface area contributed by atoms with Crippen molar-refractivity contribution in [2.45, 2.75) is 0 Å². The third-order valence-electron chi connectivity index (χ3n) is 4.12.